The van der Waals surface area contributed by atoms with Crippen LogP contribution < -0.4 is 5.32 Å². The molecule has 1 unspecified atom stereocenters. The molecular formula is C17H34N2. The van der Waals surface area contributed by atoms with E-state index in [-0.39, 0.29) is 0 Å². The third kappa shape index (κ3) is 4.46. The third-order valence-electron chi connectivity index (χ3n) is 5.57. The van der Waals surface area contributed by atoms with E-state index in [1.54, 1.807) is 0 Å². The Balaban J connectivity index is 1.92. The molecule has 2 fully saturated rings. The average molecular weight is 266 g/mol. The number of hydrogen-bond donors (Lipinski definition) is 1. The van der Waals surface area contributed by atoms with Gasteiger partial charge in [0.2, 0.25) is 0 Å². The molecule has 2 rings (SSSR count). The molecule has 1 aliphatic heterocycles. The maximum atomic E-state index is 3.79. The van der Waals surface area contributed by atoms with Gasteiger partial charge < -0.3 is 10.2 Å². The van der Waals surface area contributed by atoms with Gasteiger partial charge in [-0.1, -0.05) is 26.7 Å². The predicted molar refractivity (Wildman–Crippen MR) is 83.5 cm³/mol. The molecule has 0 amide bonds. The van der Waals surface area contributed by atoms with Crippen molar-refractivity contribution in [2.75, 3.05) is 19.6 Å². The summed E-state index contributed by atoms with van der Waals surface area (Å²) in [5.74, 6) is 0. The van der Waals surface area contributed by atoms with Crippen LogP contribution >= 0.6 is 0 Å². The number of hydrogen-bond acceptors (Lipinski definition) is 2. The maximum Gasteiger partial charge on any atom is 0.00684 e. The first-order valence-electron chi connectivity index (χ1n) is 8.66. The standard InChI is InChI=1S/C17H34N2/c1-4-17(5-2,13-18-16-10-11-16)14-19-12-8-6-7-9-15(19)3/h15-16,18H,4-14H2,1-3H3. The summed E-state index contributed by atoms with van der Waals surface area (Å²) in [7, 11) is 0. The number of likely N-dealkylation sites (tertiary alicyclic amines) is 1. The van der Waals surface area contributed by atoms with Crippen molar-refractivity contribution >= 4 is 0 Å². The highest BCUT2D eigenvalue weighted by Gasteiger charge is 2.33. The summed E-state index contributed by atoms with van der Waals surface area (Å²) in [5, 5.41) is 3.79. The molecule has 2 heteroatoms. The summed E-state index contributed by atoms with van der Waals surface area (Å²) in [4.78, 5) is 2.79. The Morgan fingerprint density at radius 2 is 1.79 bits per heavy atom. The lowest BCUT2D eigenvalue weighted by Crippen LogP contribution is -2.46. The van der Waals surface area contributed by atoms with E-state index < -0.39 is 0 Å². The molecule has 1 aliphatic carbocycles. The van der Waals surface area contributed by atoms with Crippen molar-refractivity contribution in [3.63, 3.8) is 0 Å². The second-order valence-electron chi connectivity index (χ2n) is 7.03. The topological polar surface area (TPSA) is 15.3 Å². The molecule has 0 radical (unpaired) electrons. The summed E-state index contributed by atoms with van der Waals surface area (Å²) in [6.07, 6.45) is 11.1. The lowest BCUT2D eigenvalue weighted by molar-refractivity contribution is 0.106. The summed E-state index contributed by atoms with van der Waals surface area (Å²) >= 11 is 0. The van der Waals surface area contributed by atoms with Gasteiger partial charge in [-0.05, 0) is 57.4 Å². The summed E-state index contributed by atoms with van der Waals surface area (Å²) in [6.45, 7) is 11.1. The highest BCUT2D eigenvalue weighted by Crippen LogP contribution is 2.31. The molecule has 19 heavy (non-hydrogen) atoms. The maximum absolute atomic E-state index is 3.79. The zero-order valence-electron chi connectivity index (χ0n) is 13.4. The van der Waals surface area contributed by atoms with E-state index >= 15 is 0 Å². The van der Waals surface area contributed by atoms with E-state index in [9.17, 15) is 0 Å². The van der Waals surface area contributed by atoms with Crippen molar-refractivity contribution in [3.05, 3.63) is 0 Å². The minimum atomic E-state index is 0.501. The Labute approximate surface area is 120 Å². The molecule has 112 valence electrons. The fraction of sp³-hybridized carbons (Fsp3) is 1.00. The molecule has 0 aromatic carbocycles. The Bertz CT molecular complexity index is 256. The van der Waals surface area contributed by atoms with Crippen molar-refractivity contribution in [1.82, 2.24) is 10.2 Å². The van der Waals surface area contributed by atoms with Gasteiger partial charge in [0.1, 0.15) is 0 Å². The van der Waals surface area contributed by atoms with Gasteiger partial charge in [0.25, 0.3) is 0 Å². The third-order valence-corrected chi connectivity index (χ3v) is 5.57. The van der Waals surface area contributed by atoms with Crippen LogP contribution in [0.2, 0.25) is 0 Å². The Hall–Kier alpha value is -0.0800. The van der Waals surface area contributed by atoms with E-state index in [0.717, 1.165) is 12.1 Å². The molecule has 2 aliphatic rings. The molecule has 1 heterocycles. The molecule has 0 spiro atoms. The van der Waals surface area contributed by atoms with E-state index in [0.29, 0.717) is 5.41 Å². The Kier molecular flexibility index (Phi) is 5.70. The number of nitrogens with one attached hydrogen (secondary N) is 1. The summed E-state index contributed by atoms with van der Waals surface area (Å²) < 4.78 is 0. The normalized spacial score (nSPS) is 26.4. The highest BCUT2D eigenvalue weighted by molar-refractivity contribution is 4.89. The lowest BCUT2D eigenvalue weighted by atomic mass is 9.81. The number of nitrogens with zero attached hydrogens (tertiary/aromatic N) is 1. The predicted octanol–water partition coefficient (Wildman–Crippen LogP) is 3.81. The largest absolute Gasteiger partial charge is 0.313 e. The zero-order chi connectivity index (χ0) is 13.7. The first-order valence-corrected chi connectivity index (χ1v) is 8.66. The molecule has 2 nitrogen and oxygen atoms in total. The molecule has 1 saturated carbocycles. The molecule has 1 N–H and O–H groups in total. The van der Waals surface area contributed by atoms with Gasteiger partial charge in [-0.3, -0.25) is 0 Å². The van der Waals surface area contributed by atoms with E-state index in [1.165, 1.54) is 71.0 Å². The van der Waals surface area contributed by atoms with E-state index in [1.807, 2.05) is 0 Å². The van der Waals surface area contributed by atoms with E-state index in [2.05, 4.69) is 31.0 Å². The van der Waals surface area contributed by atoms with Crippen molar-refractivity contribution in [2.45, 2.75) is 84.2 Å². The van der Waals surface area contributed by atoms with Crippen LogP contribution in [0, 0.1) is 5.41 Å². The minimum absolute atomic E-state index is 0.501. The lowest BCUT2D eigenvalue weighted by Gasteiger charge is -2.39. The Morgan fingerprint density at radius 3 is 2.42 bits per heavy atom. The minimum Gasteiger partial charge on any atom is -0.313 e. The van der Waals surface area contributed by atoms with Crippen LogP contribution in [-0.4, -0.2) is 36.6 Å². The van der Waals surface area contributed by atoms with Crippen LogP contribution in [0.3, 0.4) is 0 Å². The van der Waals surface area contributed by atoms with E-state index in [4.69, 9.17) is 0 Å². The second kappa shape index (κ2) is 7.08. The fourth-order valence-electron chi connectivity index (χ4n) is 3.43. The van der Waals surface area contributed by atoms with Crippen LogP contribution in [0.1, 0.15) is 72.1 Å². The monoisotopic (exact) mass is 266 g/mol. The van der Waals surface area contributed by atoms with Gasteiger partial charge in [0.05, 0.1) is 0 Å². The average Bonchev–Trinajstić information content (AvgIpc) is 3.25. The fourth-order valence-corrected chi connectivity index (χ4v) is 3.43. The zero-order valence-corrected chi connectivity index (χ0v) is 13.4. The molecular weight excluding hydrogens is 232 g/mol. The molecule has 1 saturated heterocycles. The van der Waals surface area contributed by atoms with Crippen molar-refractivity contribution in [1.29, 1.82) is 0 Å². The Morgan fingerprint density at radius 1 is 1.05 bits per heavy atom. The summed E-state index contributed by atoms with van der Waals surface area (Å²) in [6, 6.07) is 1.64. The van der Waals surface area contributed by atoms with Crippen molar-refractivity contribution in [2.24, 2.45) is 5.41 Å². The SMILES string of the molecule is CCC(CC)(CNC1CC1)CN1CCCCCC1C. The second-order valence-corrected chi connectivity index (χ2v) is 7.03. The molecule has 0 aromatic rings. The van der Waals surface area contributed by atoms with Crippen molar-refractivity contribution < 1.29 is 0 Å². The highest BCUT2D eigenvalue weighted by atomic mass is 15.2. The van der Waals surface area contributed by atoms with Gasteiger partial charge in [-0.2, -0.15) is 0 Å². The van der Waals surface area contributed by atoms with Crippen LogP contribution in [0.25, 0.3) is 0 Å². The van der Waals surface area contributed by atoms with Gasteiger partial charge in [0, 0.05) is 25.2 Å². The first kappa shape index (κ1) is 15.3. The van der Waals surface area contributed by atoms with Crippen LogP contribution in [0.5, 0.6) is 0 Å². The van der Waals surface area contributed by atoms with Gasteiger partial charge in [-0.15, -0.1) is 0 Å². The molecule has 0 bridgehead atoms. The van der Waals surface area contributed by atoms with Gasteiger partial charge >= 0.3 is 0 Å². The molecule has 0 aromatic heterocycles. The van der Waals surface area contributed by atoms with Gasteiger partial charge in [-0.25, -0.2) is 0 Å². The quantitative estimate of drug-likeness (QED) is 0.754. The number of rotatable bonds is 7. The van der Waals surface area contributed by atoms with Crippen LogP contribution in [-0.2, 0) is 0 Å². The van der Waals surface area contributed by atoms with Crippen LogP contribution in [0.4, 0.5) is 0 Å². The smallest absolute Gasteiger partial charge is 0.00684 e. The van der Waals surface area contributed by atoms with Crippen LogP contribution in [0.15, 0.2) is 0 Å². The molecule has 1 atom stereocenters. The first-order chi connectivity index (χ1) is 9.19. The summed E-state index contributed by atoms with van der Waals surface area (Å²) in [5.41, 5.74) is 0.501. The van der Waals surface area contributed by atoms with Gasteiger partial charge in [0.15, 0.2) is 0 Å². The van der Waals surface area contributed by atoms with Crippen molar-refractivity contribution in [3.8, 4) is 0 Å².